The van der Waals surface area contributed by atoms with E-state index in [4.69, 9.17) is 10.2 Å². The molecule has 0 amide bonds. The summed E-state index contributed by atoms with van der Waals surface area (Å²) in [5.41, 5.74) is 0.331. The lowest BCUT2D eigenvalue weighted by molar-refractivity contribution is -0.137. The molecule has 0 saturated carbocycles. The highest BCUT2D eigenvalue weighted by Crippen LogP contribution is 2.10. The second kappa shape index (κ2) is 20.1. The quantitative estimate of drug-likeness (QED) is 0.211. The van der Waals surface area contributed by atoms with Crippen LogP contribution in [-0.2, 0) is 4.79 Å². The Bertz CT molecular complexity index is 568. The first-order chi connectivity index (χ1) is 14.5. The summed E-state index contributed by atoms with van der Waals surface area (Å²) in [5.74, 6) is -1.57. The lowest BCUT2D eigenvalue weighted by atomic mass is 10.1. The van der Waals surface area contributed by atoms with Gasteiger partial charge in [-0.1, -0.05) is 82.2 Å². The number of benzene rings is 1. The first-order valence-corrected chi connectivity index (χ1v) is 11.3. The van der Waals surface area contributed by atoms with Crippen LogP contribution < -0.4 is 0 Å². The molecule has 1 aromatic carbocycles. The van der Waals surface area contributed by atoms with Crippen LogP contribution in [-0.4, -0.2) is 33.4 Å². The second-order valence-corrected chi connectivity index (χ2v) is 7.58. The Labute approximate surface area is 181 Å². The summed E-state index contributed by atoms with van der Waals surface area (Å²) < 4.78 is 0. The number of carboxylic acid groups (broad SMARTS) is 2. The average molecular weight is 421 g/mol. The predicted molar refractivity (Wildman–Crippen MR) is 122 cm³/mol. The third kappa shape index (κ3) is 19.2. The third-order valence-corrected chi connectivity index (χ3v) is 4.75. The van der Waals surface area contributed by atoms with Gasteiger partial charge in [-0.2, -0.15) is 0 Å². The van der Waals surface area contributed by atoms with E-state index >= 15 is 0 Å². The summed E-state index contributed by atoms with van der Waals surface area (Å²) in [4.78, 5) is 20.5. The molecule has 1 aromatic rings. The van der Waals surface area contributed by atoms with Gasteiger partial charge in [-0.25, -0.2) is 4.79 Å². The van der Waals surface area contributed by atoms with Crippen LogP contribution in [0.2, 0.25) is 0 Å². The van der Waals surface area contributed by atoms with E-state index in [1.54, 1.807) is 30.3 Å². The van der Waals surface area contributed by atoms with Crippen LogP contribution in [0.25, 0.3) is 0 Å². The summed E-state index contributed by atoms with van der Waals surface area (Å²) in [7, 11) is 0. The largest absolute Gasteiger partial charge is 0.481 e. The van der Waals surface area contributed by atoms with E-state index in [1.165, 1.54) is 25.7 Å². The van der Waals surface area contributed by atoms with Gasteiger partial charge < -0.3 is 15.3 Å². The van der Waals surface area contributed by atoms with Crippen LogP contribution in [0.4, 0.5) is 0 Å². The Hall–Kier alpha value is -2.14. The van der Waals surface area contributed by atoms with E-state index in [9.17, 15) is 14.7 Å². The molecule has 5 heteroatoms. The van der Waals surface area contributed by atoms with Gasteiger partial charge in [-0.3, -0.25) is 4.79 Å². The molecule has 0 heterocycles. The molecule has 1 atom stereocenters. The standard InChI is InChI=1S/C18H34O3.C7H6O2/c1-2-3-4-11-14-17(19)15-12-9-7-5-6-8-10-13-16-18(20)21;8-7(9)6-4-2-1-3-5-6/h9,12,17,19H,2-8,10-11,13-16H2,1H3,(H,20,21);1-5H,(H,8,9)/b12-9-;. The van der Waals surface area contributed by atoms with Crippen molar-refractivity contribution >= 4 is 11.9 Å². The molecular formula is C25H40O5. The number of unbranched alkanes of at least 4 members (excludes halogenated alkanes) is 8. The van der Waals surface area contributed by atoms with Crippen molar-refractivity contribution in [2.75, 3.05) is 0 Å². The summed E-state index contributed by atoms with van der Waals surface area (Å²) in [5, 5.41) is 26.7. The Kier molecular flexibility index (Phi) is 18.7. The Morgan fingerprint density at radius 2 is 1.50 bits per heavy atom. The van der Waals surface area contributed by atoms with Gasteiger partial charge in [0.25, 0.3) is 0 Å². The van der Waals surface area contributed by atoms with E-state index in [0.717, 1.165) is 51.4 Å². The van der Waals surface area contributed by atoms with Crippen molar-refractivity contribution in [3.8, 4) is 0 Å². The van der Waals surface area contributed by atoms with Crippen LogP contribution in [0, 0.1) is 0 Å². The molecule has 0 fully saturated rings. The van der Waals surface area contributed by atoms with E-state index in [-0.39, 0.29) is 6.10 Å². The minimum atomic E-state index is -0.879. The Morgan fingerprint density at radius 3 is 2.10 bits per heavy atom. The molecule has 30 heavy (non-hydrogen) atoms. The van der Waals surface area contributed by atoms with Gasteiger partial charge >= 0.3 is 11.9 Å². The van der Waals surface area contributed by atoms with Crippen LogP contribution >= 0.6 is 0 Å². The molecule has 0 spiro atoms. The summed E-state index contributed by atoms with van der Waals surface area (Å²) in [6.45, 7) is 2.20. The minimum absolute atomic E-state index is 0.172. The number of carbonyl (C=O) groups is 2. The summed E-state index contributed by atoms with van der Waals surface area (Å²) in [6.07, 6.45) is 17.4. The maximum Gasteiger partial charge on any atom is 0.335 e. The molecule has 0 saturated heterocycles. The molecule has 0 radical (unpaired) electrons. The number of hydrogen-bond acceptors (Lipinski definition) is 3. The minimum Gasteiger partial charge on any atom is -0.481 e. The SMILES string of the molecule is CCCCCCC(O)C/C=C\CCCCCCCC(=O)O.O=C(O)c1ccccc1. The van der Waals surface area contributed by atoms with Crippen molar-refractivity contribution in [2.45, 2.75) is 96.5 Å². The molecule has 1 rings (SSSR count). The van der Waals surface area contributed by atoms with Gasteiger partial charge in [0.15, 0.2) is 0 Å². The Balaban J connectivity index is 0.000000769. The zero-order valence-electron chi connectivity index (χ0n) is 18.5. The molecule has 0 aliphatic heterocycles. The molecule has 5 nitrogen and oxygen atoms in total. The van der Waals surface area contributed by atoms with Gasteiger partial charge in [0, 0.05) is 6.42 Å². The van der Waals surface area contributed by atoms with Crippen LogP contribution in [0.3, 0.4) is 0 Å². The van der Waals surface area contributed by atoms with Crippen LogP contribution in [0.1, 0.15) is 101 Å². The number of aliphatic hydroxyl groups is 1. The van der Waals surface area contributed by atoms with Crippen molar-refractivity contribution in [3.63, 3.8) is 0 Å². The summed E-state index contributed by atoms with van der Waals surface area (Å²) >= 11 is 0. The van der Waals surface area contributed by atoms with Crippen molar-refractivity contribution in [1.82, 2.24) is 0 Å². The molecule has 0 bridgehead atoms. The maximum atomic E-state index is 10.3. The zero-order valence-corrected chi connectivity index (χ0v) is 18.5. The summed E-state index contributed by atoms with van der Waals surface area (Å²) in [6, 6.07) is 8.30. The molecule has 0 aromatic heterocycles. The van der Waals surface area contributed by atoms with E-state index in [2.05, 4.69) is 19.1 Å². The van der Waals surface area contributed by atoms with Crippen LogP contribution in [0.5, 0.6) is 0 Å². The monoisotopic (exact) mass is 420 g/mol. The molecule has 170 valence electrons. The van der Waals surface area contributed by atoms with E-state index in [0.29, 0.717) is 12.0 Å². The number of rotatable bonds is 16. The van der Waals surface area contributed by atoms with Crippen molar-refractivity contribution < 1.29 is 24.9 Å². The fourth-order valence-corrected chi connectivity index (χ4v) is 2.95. The topological polar surface area (TPSA) is 94.8 Å². The number of aromatic carboxylic acids is 1. The number of aliphatic carboxylic acids is 1. The highest BCUT2D eigenvalue weighted by molar-refractivity contribution is 5.87. The molecule has 0 aliphatic carbocycles. The smallest absolute Gasteiger partial charge is 0.335 e. The van der Waals surface area contributed by atoms with Gasteiger partial charge in [0.1, 0.15) is 0 Å². The number of allylic oxidation sites excluding steroid dienone is 1. The zero-order chi connectivity index (χ0) is 22.5. The average Bonchev–Trinajstić information content (AvgIpc) is 2.73. The number of hydrogen-bond donors (Lipinski definition) is 3. The van der Waals surface area contributed by atoms with Gasteiger partial charge in [0.2, 0.25) is 0 Å². The normalized spacial score (nSPS) is 11.7. The lowest BCUT2D eigenvalue weighted by Gasteiger charge is -2.07. The van der Waals surface area contributed by atoms with Gasteiger partial charge in [0.05, 0.1) is 11.7 Å². The maximum absolute atomic E-state index is 10.3. The second-order valence-electron chi connectivity index (χ2n) is 7.58. The number of aliphatic hydroxyl groups excluding tert-OH is 1. The predicted octanol–water partition coefficient (Wildman–Crippen LogP) is 6.46. The van der Waals surface area contributed by atoms with Gasteiger partial charge in [-0.05, 0) is 44.2 Å². The molecule has 1 unspecified atom stereocenters. The van der Waals surface area contributed by atoms with Crippen molar-refractivity contribution in [2.24, 2.45) is 0 Å². The van der Waals surface area contributed by atoms with Crippen molar-refractivity contribution in [3.05, 3.63) is 48.0 Å². The molecular weight excluding hydrogens is 380 g/mol. The van der Waals surface area contributed by atoms with Gasteiger partial charge in [-0.15, -0.1) is 0 Å². The fourth-order valence-electron chi connectivity index (χ4n) is 2.95. The highest BCUT2D eigenvalue weighted by atomic mass is 16.4. The highest BCUT2D eigenvalue weighted by Gasteiger charge is 2.01. The Morgan fingerprint density at radius 1 is 0.867 bits per heavy atom. The fraction of sp³-hybridized carbons (Fsp3) is 0.600. The molecule has 3 N–H and O–H groups in total. The first-order valence-electron chi connectivity index (χ1n) is 11.3. The first kappa shape index (κ1) is 27.9. The molecule has 0 aliphatic rings. The van der Waals surface area contributed by atoms with Crippen molar-refractivity contribution in [1.29, 1.82) is 0 Å². The van der Waals surface area contributed by atoms with Crippen LogP contribution in [0.15, 0.2) is 42.5 Å². The number of carboxylic acids is 2. The van der Waals surface area contributed by atoms with E-state index in [1.807, 2.05) is 0 Å². The van der Waals surface area contributed by atoms with E-state index < -0.39 is 11.9 Å². The third-order valence-electron chi connectivity index (χ3n) is 4.75. The lowest BCUT2D eigenvalue weighted by Crippen LogP contribution is -2.04.